The lowest BCUT2D eigenvalue weighted by atomic mass is 9.53. The molecule has 1 aliphatic heterocycles. The fourth-order valence-corrected chi connectivity index (χ4v) is 6.28. The van der Waals surface area contributed by atoms with Gasteiger partial charge in [0.15, 0.2) is 0 Å². The average molecular weight is 280 g/mol. The first kappa shape index (κ1) is 12.5. The Kier molecular flexibility index (Phi) is 3.07. The Hall–Kier alpha value is -0.220. The highest BCUT2D eigenvalue weighted by Gasteiger charge is 2.50. The highest BCUT2D eigenvalue weighted by Crippen LogP contribution is 2.55. The van der Waals surface area contributed by atoms with Gasteiger partial charge in [0.25, 0.3) is 0 Å². The first-order valence-corrected chi connectivity index (χ1v) is 8.98. The molecule has 4 aliphatic carbocycles. The Balaban J connectivity index is 1.38. The molecule has 106 valence electrons. The van der Waals surface area contributed by atoms with Gasteiger partial charge < -0.3 is 10.2 Å². The van der Waals surface area contributed by atoms with E-state index in [1.165, 1.54) is 38.5 Å². The molecule has 5 aliphatic rings. The number of hydrogen-bond donors (Lipinski definition) is 1. The van der Waals surface area contributed by atoms with Gasteiger partial charge in [0.05, 0.1) is 12.4 Å². The van der Waals surface area contributed by atoms with Crippen LogP contribution in [0.3, 0.4) is 0 Å². The predicted molar refractivity (Wildman–Crippen MR) is 77.9 cm³/mol. The highest BCUT2D eigenvalue weighted by atomic mass is 32.2. The van der Waals surface area contributed by atoms with Crippen molar-refractivity contribution in [2.45, 2.75) is 44.1 Å². The zero-order valence-corrected chi connectivity index (χ0v) is 12.4. The van der Waals surface area contributed by atoms with E-state index in [0.29, 0.717) is 18.0 Å². The maximum absolute atomic E-state index is 12.2. The number of rotatable bonds is 3. The van der Waals surface area contributed by atoms with Crippen molar-refractivity contribution < 1.29 is 4.79 Å². The molecule has 1 N–H and O–H groups in total. The molecule has 1 heterocycles. The van der Waals surface area contributed by atoms with Crippen molar-refractivity contribution >= 4 is 17.7 Å². The van der Waals surface area contributed by atoms with Crippen molar-refractivity contribution in [2.75, 3.05) is 24.7 Å². The van der Waals surface area contributed by atoms with E-state index < -0.39 is 0 Å². The van der Waals surface area contributed by atoms with Gasteiger partial charge in [-0.3, -0.25) is 4.79 Å². The summed E-state index contributed by atoms with van der Waals surface area (Å²) in [4.78, 5) is 14.2. The Labute approximate surface area is 119 Å². The smallest absolute Gasteiger partial charge is 0.237 e. The highest BCUT2D eigenvalue weighted by molar-refractivity contribution is 7.99. The second-order valence-electron chi connectivity index (χ2n) is 7.25. The summed E-state index contributed by atoms with van der Waals surface area (Å²) in [5.41, 5.74) is 0.331. The molecule has 4 bridgehead atoms. The summed E-state index contributed by atoms with van der Waals surface area (Å²) in [5.74, 6) is 5.20. The number of nitrogens with one attached hydrogen (secondary N) is 1. The molecule has 5 fully saturated rings. The van der Waals surface area contributed by atoms with Gasteiger partial charge in [-0.2, -0.15) is 0 Å². The molecule has 0 radical (unpaired) electrons. The van der Waals surface area contributed by atoms with Gasteiger partial charge in [-0.25, -0.2) is 0 Å². The normalized spacial score (nSPS) is 44.0. The van der Waals surface area contributed by atoms with E-state index in [0.717, 1.165) is 35.9 Å². The lowest BCUT2D eigenvalue weighted by molar-refractivity contribution is -0.130. The number of hydrogen-bond acceptors (Lipinski definition) is 3. The molecule has 0 unspecified atom stereocenters. The second kappa shape index (κ2) is 4.66. The summed E-state index contributed by atoms with van der Waals surface area (Å²) in [6, 6.07) is 0. The van der Waals surface area contributed by atoms with Crippen molar-refractivity contribution in [2.24, 2.45) is 17.8 Å². The standard InChI is InChI=1S/C15H24N2OS/c18-14(17-1-2-19-10-17)9-16-15-6-11-3-12(7-15)5-13(4-11)8-15/h11-13,16H,1-10H2. The molecule has 0 spiro atoms. The van der Waals surface area contributed by atoms with Crippen LogP contribution < -0.4 is 5.32 Å². The summed E-state index contributed by atoms with van der Waals surface area (Å²) in [5, 5.41) is 3.70. The molecule has 4 heteroatoms. The first-order chi connectivity index (χ1) is 9.22. The molecule has 1 saturated heterocycles. The summed E-state index contributed by atoms with van der Waals surface area (Å²) >= 11 is 1.87. The van der Waals surface area contributed by atoms with Gasteiger partial charge in [0, 0.05) is 17.8 Å². The molecular formula is C15H24N2OS. The van der Waals surface area contributed by atoms with Gasteiger partial charge in [-0.15, -0.1) is 11.8 Å². The molecule has 0 aromatic rings. The number of carbonyl (C=O) groups is 1. The minimum Gasteiger partial charge on any atom is -0.332 e. The average Bonchev–Trinajstić information content (AvgIpc) is 2.88. The third-order valence-electron chi connectivity index (χ3n) is 5.76. The van der Waals surface area contributed by atoms with E-state index in [-0.39, 0.29) is 0 Å². The summed E-state index contributed by atoms with van der Waals surface area (Å²) in [6.45, 7) is 1.53. The molecular weight excluding hydrogens is 256 g/mol. The van der Waals surface area contributed by atoms with Gasteiger partial charge in [0.1, 0.15) is 0 Å². The second-order valence-corrected chi connectivity index (χ2v) is 8.32. The van der Waals surface area contributed by atoms with Crippen molar-refractivity contribution in [3.63, 3.8) is 0 Å². The quantitative estimate of drug-likeness (QED) is 0.859. The topological polar surface area (TPSA) is 32.3 Å². The Morgan fingerprint density at radius 2 is 1.79 bits per heavy atom. The third-order valence-corrected chi connectivity index (χ3v) is 6.72. The summed E-state index contributed by atoms with van der Waals surface area (Å²) < 4.78 is 0. The lowest BCUT2D eigenvalue weighted by Gasteiger charge is -2.57. The Bertz CT molecular complexity index is 343. The van der Waals surface area contributed by atoms with Crippen molar-refractivity contribution in [1.82, 2.24) is 10.2 Å². The van der Waals surface area contributed by atoms with Crippen LogP contribution in [0.2, 0.25) is 0 Å². The molecule has 0 aromatic heterocycles. The van der Waals surface area contributed by atoms with Gasteiger partial charge in [-0.05, 0) is 56.3 Å². The minimum absolute atomic E-state index is 0.320. The maximum Gasteiger partial charge on any atom is 0.237 e. The van der Waals surface area contributed by atoms with Crippen molar-refractivity contribution in [1.29, 1.82) is 0 Å². The van der Waals surface area contributed by atoms with Gasteiger partial charge in [0.2, 0.25) is 5.91 Å². The van der Waals surface area contributed by atoms with Crippen LogP contribution in [0, 0.1) is 17.8 Å². The number of carbonyl (C=O) groups excluding carboxylic acids is 1. The van der Waals surface area contributed by atoms with Crippen LogP contribution in [0.4, 0.5) is 0 Å². The van der Waals surface area contributed by atoms with Crippen molar-refractivity contribution in [3.05, 3.63) is 0 Å². The van der Waals surface area contributed by atoms with E-state index >= 15 is 0 Å². The number of nitrogens with zero attached hydrogens (tertiary/aromatic N) is 1. The molecule has 5 rings (SSSR count). The predicted octanol–water partition coefficient (Wildman–Crippen LogP) is 2.08. The fraction of sp³-hybridized carbons (Fsp3) is 0.933. The number of amides is 1. The zero-order chi connectivity index (χ0) is 12.9. The van der Waals surface area contributed by atoms with Crippen LogP contribution in [-0.2, 0) is 4.79 Å². The monoisotopic (exact) mass is 280 g/mol. The van der Waals surface area contributed by atoms with Gasteiger partial charge >= 0.3 is 0 Å². The van der Waals surface area contributed by atoms with Gasteiger partial charge in [-0.1, -0.05) is 0 Å². The van der Waals surface area contributed by atoms with Crippen molar-refractivity contribution in [3.8, 4) is 0 Å². The molecule has 1 amide bonds. The molecule has 4 saturated carbocycles. The first-order valence-electron chi connectivity index (χ1n) is 7.83. The molecule has 19 heavy (non-hydrogen) atoms. The maximum atomic E-state index is 12.2. The Morgan fingerprint density at radius 1 is 1.16 bits per heavy atom. The SMILES string of the molecule is O=C(CNC12CC3CC(CC(C3)C1)C2)N1CCSC1. The number of thioether (sulfide) groups is 1. The third kappa shape index (κ3) is 2.31. The fourth-order valence-electron chi connectivity index (χ4n) is 5.31. The lowest BCUT2D eigenvalue weighted by Crippen LogP contribution is -2.59. The molecule has 0 atom stereocenters. The van der Waals surface area contributed by atoms with Crippen LogP contribution >= 0.6 is 11.8 Å². The Morgan fingerprint density at radius 3 is 2.32 bits per heavy atom. The summed E-state index contributed by atoms with van der Waals surface area (Å²) in [7, 11) is 0. The molecule has 0 aromatic carbocycles. The van der Waals surface area contributed by atoms with E-state index in [4.69, 9.17) is 0 Å². The molecule has 3 nitrogen and oxygen atoms in total. The van der Waals surface area contributed by atoms with Crippen LogP contribution in [0.5, 0.6) is 0 Å². The van der Waals surface area contributed by atoms with Crippen LogP contribution in [0.25, 0.3) is 0 Å². The van der Waals surface area contributed by atoms with E-state index in [2.05, 4.69) is 5.32 Å². The van der Waals surface area contributed by atoms with E-state index in [1.54, 1.807) is 0 Å². The zero-order valence-electron chi connectivity index (χ0n) is 11.6. The minimum atomic E-state index is 0.320. The largest absolute Gasteiger partial charge is 0.332 e. The van der Waals surface area contributed by atoms with Crippen LogP contribution in [0.1, 0.15) is 38.5 Å². The summed E-state index contributed by atoms with van der Waals surface area (Å²) in [6.07, 6.45) is 8.41. The van der Waals surface area contributed by atoms with Crippen LogP contribution in [0.15, 0.2) is 0 Å². The van der Waals surface area contributed by atoms with Crippen LogP contribution in [-0.4, -0.2) is 41.1 Å². The van der Waals surface area contributed by atoms with E-state index in [1.807, 2.05) is 16.7 Å². The van der Waals surface area contributed by atoms with E-state index in [9.17, 15) is 4.79 Å².